The van der Waals surface area contributed by atoms with Crippen molar-refractivity contribution in [2.45, 2.75) is 83.1 Å². The Bertz CT molecular complexity index is 387. The van der Waals surface area contributed by atoms with Gasteiger partial charge in [-0.05, 0) is 33.3 Å². The third kappa shape index (κ3) is 6.74. The summed E-state index contributed by atoms with van der Waals surface area (Å²) in [6, 6.07) is -0.0746. The van der Waals surface area contributed by atoms with Crippen LogP contribution in [0.4, 0.5) is 0 Å². The fraction of sp³-hybridized carbons (Fsp3) is 0.812. The van der Waals surface area contributed by atoms with Gasteiger partial charge in [0.25, 0.3) is 0 Å². The molecule has 0 aromatic carbocycles. The molecule has 0 aliphatic carbocycles. The summed E-state index contributed by atoms with van der Waals surface area (Å²) in [6.45, 7) is 8.00. The van der Waals surface area contributed by atoms with Crippen LogP contribution in [0, 0.1) is 0 Å². The SMILES string of the molecule is CCCCCCC[C@@H](NS(=O)C(C)(C)C)[C@@H]1C=CC(=O)O1. The molecule has 0 aromatic rings. The Morgan fingerprint density at radius 2 is 1.95 bits per heavy atom. The van der Waals surface area contributed by atoms with Crippen LogP contribution in [-0.4, -0.2) is 27.1 Å². The van der Waals surface area contributed by atoms with Crippen LogP contribution in [-0.2, 0) is 20.5 Å². The number of rotatable bonds is 9. The molecule has 0 spiro atoms. The lowest BCUT2D eigenvalue weighted by molar-refractivity contribution is -0.139. The molecule has 4 nitrogen and oxygen atoms in total. The summed E-state index contributed by atoms with van der Waals surface area (Å²) in [5.74, 6) is -0.306. The van der Waals surface area contributed by atoms with Gasteiger partial charge in [0.15, 0.2) is 0 Å². The van der Waals surface area contributed by atoms with E-state index in [1.807, 2.05) is 20.8 Å². The Labute approximate surface area is 131 Å². The number of hydrogen-bond acceptors (Lipinski definition) is 3. The molecule has 1 unspecified atom stereocenters. The van der Waals surface area contributed by atoms with E-state index in [4.69, 9.17) is 4.74 Å². The van der Waals surface area contributed by atoms with Gasteiger partial charge in [0.2, 0.25) is 0 Å². The minimum Gasteiger partial charge on any atom is -0.453 e. The third-order valence-corrected chi connectivity index (χ3v) is 5.13. The molecule has 1 rings (SSSR count). The van der Waals surface area contributed by atoms with Crippen molar-refractivity contribution in [3.8, 4) is 0 Å². The number of cyclic esters (lactones) is 1. The molecule has 0 aromatic heterocycles. The van der Waals surface area contributed by atoms with Crippen molar-refractivity contribution in [2.75, 3.05) is 0 Å². The second-order valence-electron chi connectivity index (χ2n) is 6.57. The van der Waals surface area contributed by atoms with Crippen molar-refractivity contribution >= 4 is 17.0 Å². The van der Waals surface area contributed by atoms with Gasteiger partial charge >= 0.3 is 5.97 Å². The second kappa shape index (κ2) is 8.69. The van der Waals surface area contributed by atoms with E-state index in [1.165, 1.54) is 31.8 Å². The fourth-order valence-corrected chi connectivity index (χ4v) is 3.06. The minimum atomic E-state index is -1.16. The Hall–Kier alpha value is -0.680. The lowest BCUT2D eigenvalue weighted by atomic mass is 10.0. The molecular formula is C16H29NO3S. The van der Waals surface area contributed by atoms with Crippen molar-refractivity contribution in [3.05, 3.63) is 12.2 Å². The number of esters is 1. The van der Waals surface area contributed by atoms with E-state index in [9.17, 15) is 9.00 Å². The molecule has 0 saturated carbocycles. The second-order valence-corrected chi connectivity index (χ2v) is 8.57. The van der Waals surface area contributed by atoms with Crippen LogP contribution >= 0.6 is 0 Å². The monoisotopic (exact) mass is 315 g/mol. The van der Waals surface area contributed by atoms with Crippen molar-refractivity contribution < 1.29 is 13.7 Å². The van der Waals surface area contributed by atoms with Gasteiger partial charge in [0.05, 0.1) is 21.8 Å². The first-order valence-corrected chi connectivity index (χ1v) is 9.06. The van der Waals surface area contributed by atoms with Crippen LogP contribution in [0.3, 0.4) is 0 Å². The average molecular weight is 315 g/mol. The molecule has 1 aliphatic rings. The van der Waals surface area contributed by atoms with Crippen molar-refractivity contribution in [3.63, 3.8) is 0 Å². The van der Waals surface area contributed by atoms with Gasteiger partial charge in [-0.25, -0.2) is 13.7 Å². The Kier molecular flexibility index (Phi) is 7.60. The highest BCUT2D eigenvalue weighted by Crippen LogP contribution is 2.19. The predicted molar refractivity (Wildman–Crippen MR) is 87.2 cm³/mol. The predicted octanol–water partition coefficient (Wildman–Crippen LogP) is 3.25. The van der Waals surface area contributed by atoms with Crippen LogP contribution in [0.1, 0.15) is 66.2 Å². The number of carbonyl (C=O) groups excluding carboxylic acids is 1. The van der Waals surface area contributed by atoms with Crippen LogP contribution in [0.2, 0.25) is 0 Å². The molecule has 5 heteroatoms. The molecule has 0 fully saturated rings. The first kappa shape index (κ1) is 18.4. The molecule has 1 N–H and O–H groups in total. The van der Waals surface area contributed by atoms with E-state index < -0.39 is 11.0 Å². The molecule has 1 heterocycles. The molecule has 1 aliphatic heterocycles. The maximum absolute atomic E-state index is 12.3. The van der Waals surface area contributed by atoms with E-state index in [0.717, 1.165) is 12.8 Å². The Morgan fingerprint density at radius 3 is 2.48 bits per heavy atom. The summed E-state index contributed by atoms with van der Waals surface area (Å²) in [6.07, 6.45) is 9.72. The van der Waals surface area contributed by atoms with Gasteiger partial charge < -0.3 is 4.74 Å². The summed E-state index contributed by atoms with van der Waals surface area (Å²) in [5.41, 5.74) is 0. The van der Waals surface area contributed by atoms with Crippen LogP contribution in [0.25, 0.3) is 0 Å². The van der Waals surface area contributed by atoms with Crippen molar-refractivity contribution in [2.24, 2.45) is 0 Å². The van der Waals surface area contributed by atoms with Gasteiger partial charge in [0.1, 0.15) is 6.10 Å². The van der Waals surface area contributed by atoms with Gasteiger partial charge in [-0.3, -0.25) is 0 Å². The van der Waals surface area contributed by atoms with Crippen molar-refractivity contribution in [1.29, 1.82) is 0 Å². The molecule has 0 amide bonds. The van der Waals surface area contributed by atoms with Gasteiger partial charge in [-0.15, -0.1) is 0 Å². The zero-order valence-corrected chi connectivity index (χ0v) is 14.5. The first-order chi connectivity index (χ1) is 9.84. The molecule has 21 heavy (non-hydrogen) atoms. The van der Waals surface area contributed by atoms with Crippen LogP contribution in [0.5, 0.6) is 0 Å². The highest BCUT2D eigenvalue weighted by atomic mass is 32.2. The number of carbonyl (C=O) groups is 1. The third-order valence-electron chi connectivity index (χ3n) is 3.50. The zero-order chi connectivity index (χ0) is 15.9. The molecule has 0 radical (unpaired) electrons. The average Bonchev–Trinajstić information content (AvgIpc) is 2.82. The Balaban J connectivity index is 2.52. The van der Waals surface area contributed by atoms with Gasteiger partial charge in [-0.1, -0.05) is 39.0 Å². The lowest BCUT2D eigenvalue weighted by Gasteiger charge is -2.27. The summed E-state index contributed by atoms with van der Waals surface area (Å²) in [5, 5.41) is 0. The summed E-state index contributed by atoms with van der Waals surface area (Å²) in [4.78, 5) is 11.2. The first-order valence-electron chi connectivity index (χ1n) is 7.91. The smallest absolute Gasteiger partial charge is 0.331 e. The molecule has 0 saturated heterocycles. The maximum Gasteiger partial charge on any atom is 0.331 e. The van der Waals surface area contributed by atoms with E-state index in [0.29, 0.717) is 0 Å². The van der Waals surface area contributed by atoms with Gasteiger partial charge in [-0.2, -0.15) is 0 Å². The molecule has 3 atom stereocenters. The number of nitrogens with one attached hydrogen (secondary N) is 1. The van der Waals surface area contributed by atoms with E-state index in [1.54, 1.807) is 6.08 Å². The van der Waals surface area contributed by atoms with Crippen LogP contribution in [0.15, 0.2) is 12.2 Å². The number of unbranched alkanes of at least 4 members (excludes halogenated alkanes) is 4. The molecule has 122 valence electrons. The van der Waals surface area contributed by atoms with Gasteiger partial charge in [0, 0.05) is 6.08 Å². The fourth-order valence-electron chi connectivity index (χ4n) is 2.17. The molecular weight excluding hydrogens is 286 g/mol. The minimum absolute atomic E-state index is 0.0746. The Morgan fingerprint density at radius 1 is 1.29 bits per heavy atom. The quantitative estimate of drug-likeness (QED) is 0.525. The summed E-state index contributed by atoms with van der Waals surface area (Å²) >= 11 is 0. The number of ether oxygens (including phenoxy) is 1. The normalized spacial score (nSPS) is 21.3. The van der Waals surface area contributed by atoms with E-state index in [-0.39, 0.29) is 22.9 Å². The van der Waals surface area contributed by atoms with Crippen molar-refractivity contribution in [1.82, 2.24) is 4.72 Å². The highest BCUT2D eigenvalue weighted by molar-refractivity contribution is 7.84. The van der Waals surface area contributed by atoms with E-state index >= 15 is 0 Å². The summed E-state index contributed by atoms with van der Waals surface area (Å²) < 4.78 is 20.4. The summed E-state index contributed by atoms with van der Waals surface area (Å²) in [7, 11) is -1.16. The highest BCUT2D eigenvalue weighted by Gasteiger charge is 2.30. The van der Waals surface area contributed by atoms with E-state index in [2.05, 4.69) is 11.6 Å². The van der Waals surface area contributed by atoms with Crippen LogP contribution < -0.4 is 4.72 Å². The topological polar surface area (TPSA) is 55.4 Å². The number of hydrogen-bond donors (Lipinski definition) is 1. The maximum atomic E-state index is 12.3. The molecule has 0 bridgehead atoms. The standard InChI is InChI=1S/C16H29NO3S/c1-5-6-7-8-9-10-13(14-11-12-15(18)20-14)17-21(19)16(2,3)4/h11-14,17H,5-10H2,1-4H3/t13-,14+,21?/m1/s1. The zero-order valence-electron chi connectivity index (χ0n) is 13.7. The lowest BCUT2D eigenvalue weighted by Crippen LogP contribution is -2.45. The largest absolute Gasteiger partial charge is 0.453 e.